The number of rotatable bonds is 3. The summed E-state index contributed by atoms with van der Waals surface area (Å²) < 4.78 is 0. The first-order valence-electron chi connectivity index (χ1n) is 3.57. The van der Waals surface area contributed by atoms with Crippen LogP contribution in [0.2, 0.25) is 0 Å². The molecule has 10 heteroatoms. The summed E-state index contributed by atoms with van der Waals surface area (Å²) in [4.78, 5) is 27.7. The van der Waals surface area contributed by atoms with Gasteiger partial charge in [0.2, 0.25) is 0 Å². The second-order valence-corrected chi connectivity index (χ2v) is 1.79. The normalized spacial score (nSPS) is 6.94. The first-order chi connectivity index (χ1) is 6.81. The van der Waals surface area contributed by atoms with E-state index in [4.69, 9.17) is 15.3 Å². The van der Waals surface area contributed by atoms with Crippen molar-refractivity contribution in [2.45, 2.75) is 0 Å². The standard InChI is InChI=1S/3C2H5NO2.Au/c3*3-1-2(4)5;/h3*1,3H2,(H,4,5);. The van der Waals surface area contributed by atoms with E-state index >= 15 is 0 Å². The van der Waals surface area contributed by atoms with Gasteiger partial charge >= 0.3 is 17.9 Å². The van der Waals surface area contributed by atoms with Gasteiger partial charge in [0.25, 0.3) is 0 Å². The number of carboxylic acids is 3. The van der Waals surface area contributed by atoms with E-state index in [1.807, 2.05) is 0 Å². The molecule has 0 saturated heterocycles. The zero-order valence-corrected chi connectivity index (χ0v) is 10.4. The third-order valence-electron chi connectivity index (χ3n) is 0.524. The van der Waals surface area contributed by atoms with Crippen molar-refractivity contribution in [1.82, 2.24) is 0 Å². The predicted molar refractivity (Wildman–Crippen MR) is 50.1 cm³/mol. The smallest absolute Gasteiger partial charge is 0.317 e. The molecule has 0 unspecified atom stereocenters. The largest absolute Gasteiger partial charge is 0.480 e. The molecule has 0 aliphatic rings. The molecule has 9 N–H and O–H groups in total. The van der Waals surface area contributed by atoms with Crippen LogP contribution >= 0.6 is 0 Å². The molecule has 0 atom stereocenters. The molecular formula is C6H15AuN3O6. The van der Waals surface area contributed by atoms with E-state index in [-0.39, 0.29) is 42.0 Å². The van der Waals surface area contributed by atoms with Gasteiger partial charge in [-0.3, -0.25) is 14.4 Å². The van der Waals surface area contributed by atoms with Crippen LogP contribution in [-0.2, 0) is 36.8 Å². The van der Waals surface area contributed by atoms with Crippen molar-refractivity contribution < 1.29 is 52.1 Å². The van der Waals surface area contributed by atoms with E-state index in [2.05, 4.69) is 17.2 Å². The van der Waals surface area contributed by atoms with Gasteiger partial charge in [0, 0.05) is 22.4 Å². The van der Waals surface area contributed by atoms with Gasteiger partial charge < -0.3 is 32.5 Å². The quantitative estimate of drug-likeness (QED) is 0.259. The summed E-state index contributed by atoms with van der Waals surface area (Å²) in [6.45, 7) is -0.833. The summed E-state index contributed by atoms with van der Waals surface area (Å²) in [5.41, 5.74) is 13.7. The first kappa shape index (κ1) is 24.3. The minimum atomic E-state index is -0.968. The molecule has 0 aromatic heterocycles. The van der Waals surface area contributed by atoms with Gasteiger partial charge in [0.1, 0.15) is 0 Å². The molecule has 101 valence electrons. The number of aliphatic carboxylic acids is 3. The summed E-state index contributed by atoms with van der Waals surface area (Å²) >= 11 is 0. The molecule has 0 rings (SSSR count). The van der Waals surface area contributed by atoms with Gasteiger partial charge in [-0.05, 0) is 0 Å². The molecule has 0 aromatic rings. The third kappa shape index (κ3) is 74.5. The Balaban J connectivity index is -0.0000000655. The zero-order valence-electron chi connectivity index (χ0n) is 8.22. The van der Waals surface area contributed by atoms with E-state index in [0.717, 1.165) is 0 Å². The maximum absolute atomic E-state index is 9.24. The minimum absolute atomic E-state index is 0. The van der Waals surface area contributed by atoms with Crippen molar-refractivity contribution in [3.05, 3.63) is 0 Å². The van der Waals surface area contributed by atoms with Crippen molar-refractivity contribution in [3.63, 3.8) is 0 Å². The van der Waals surface area contributed by atoms with Crippen LogP contribution in [0.5, 0.6) is 0 Å². The van der Waals surface area contributed by atoms with Crippen molar-refractivity contribution in [3.8, 4) is 0 Å². The summed E-state index contributed by atoms with van der Waals surface area (Å²) in [6, 6.07) is 0. The molecule has 0 amide bonds. The summed E-state index contributed by atoms with van der Waals surface area (Å²) in [5.74, 6) is -2.90. The molecule has 0 aliphatic carbocycles. The van der Waals surface area contributed by atoms with Gasteiger partial charge in [-0.1, -0.05) is 0 Å². The van der Waals surface area contributed by atoms with E-state index in [9.17, 15) is 14.4 Å². The summed E-state index contributed by atoms with van der Waals surface area (Å²) in [7, 11) is 0. The Kier molecular flexibility index (Phi) is 29.8. The predicted octanol–water partition coefficient (Wildman–Crippen LogP) is -2.91. The average molecular weight is 422 g/mol. The van der Waals surface area contributed by atoms with E-state index in [1.165, 1.54) is 0 Å². The van der Waals surface area contributed by atoms with Gasteiger partial charge in [-0.2, -0.15) is 0 Å². The average Bonchev–Trinajstić information content (AvgIpc) is 2.19. The van der Waals surface area contributed by atoms with Crippen molar-refractivity contribution in [1.29, 1.82) is 0 Å². The van der Waals surface area contributed by atoms with Crippen LogP contribution in [0.3, 0.4) is 0 Å². The fourth-order valence-corrected chi connectivity index (χ4v) is 0. The number of carbonyl (C=O) groups is 3. The fraction of sp³-hybridized carbons (Fsp3) is 0.500. The first-order valence-corrected chi connectivity index (χ1v) is 3.57. The Morgan fingerprint density at radius 3 is 0.750 bits per heavy atom. The molecule has 0 bridgehead atoms. The summed E-state index contributed by atoms with van der Waals surface area (Å²) in [5, 5.41) is 22.8. The van der Waals surface area contributed by atoms with Crippen molar-refractivity contribution in [2.24, 2.45) is 17.2 Å². The molecule has 9 nitrogen and oxygen atoms in total. The maximum atomic E-state index is 9.24. The van der Waals surface area contributed by atoms with Gasteiger partial charge in [0.15, 0.2) is 0 Å². The maximum Gasteiger partial charge on any atom is 0.317 e. The van der Waals surface area contributed by atoms with E-state index < -0.39 is 17.9 Å². The minimum Gasteiger partial charge on any atom is -0.480 e. The van der Waals surface area contributed by atoms with E-state index in [1.54, 1.807) is 0 Å². The number of carboxylic acid groups (broad SMARTS) is 3. The molecule has 1 radical (unpaired) electrons. The Bertz CT molecular complexity index is 167. The Hall–Kier alpha value is -0.970. The van der Waals surface area contributed by atoms with Crippen LogP contribution in [0.1, 0.15) is 0 Å². The monoisotopic (exact) mass is 422 g/mol. The molecule has 0 aliphatic heterocycles. The molecule has 0 spiro atoms. The number of nitrogens with two attached hydrogens (primary N) is 3. The zero-order chi connectivity index (χ0) is 12.9. The van der Waals surface area contributed by atoms with Crippen LogP contribution in [0.15, 0.2) is 0 Å². The third-order valence-corrected chi connectivity index (χ3v) is 0.524. The van der Waals surface area contributed by atoms with Gasteiger partial charge in [-0.25, -0.2) is 0 Å². The van der Waals surface area contributed by atoms with Crippen LogP contribution < -0.4 is 17.2 Å². The van der Waals surface area contributed by atoms with Crippen LogP contribution in [0.4, 0.5) is 0 Å². The molecule has 0 fully saturated rings. The summed E-state index contributed by atoms with van der Waals surface area (Å²) in [6.07, 6.45) is 0. The topological polar surface area (TPSA) is 190 Å². The SMILES string of the molecule is NCC(=O)O.NCC(=O)O.NCC(=O)O.[Au]. The van der Waals surface area contributed by atoms with Gasteiger partial charge in [-0.15, -0.1) is 0 Å². The Labute approximate surface area is 107 Å². The molecule has 0 aromatic carbocycles. The van der Waals surface area contributed by atoms with E-state index in [0.29, 0.717) is 0 Å². The van der Waals surface area contributed by atoms with Crippen LogP contribution in [0.25, 0.3) is 0 Å². The molecule has 0 heterocycles. The second-order valence-electron chi connectivity index (χ2n) is 1.79. The fourth-order valence-electron chi connectivity index (χ4n) is 0. The second kappa shape index (κ2) is 19.6. The van der Waals surface area contributed by atoms with Gasteiger partial charge in [0.05, 0.1) is 19.6 Å². The molecule has 16 heavy (non-hydrogen) atoms. The number of hydrogen-bond donors (Lipinski definition) is 6. The number of hydrogen-bond acceptors (Lipinski definition) is 6. The molecule has 0 saturated carbocycles. The Morgan fingerprint density at radius 2 is 0.750 bits per heavy atom. The van der Waals surface area contributed by atoms with Crippen molar-refractivity contribution in [2.75, 3.05) is 19.6 Å². The van der Waals surface area contributed by atoms with Crippen LogP contribution in [-0.4, -0.2) is 52.9 Å². The van der Waals surface area contributed by atoms with Crippen molar-refractivity contribution >= 4 is 17.9 Å². The molecular weight excluding hydrogens is 407 g/mol. The Morgan fingerprint density at radius 1 is 0.688 bits per heavy atom. The van der Waals surface area contributed by atoms with Crippen LogP contribution in [0, 0.1) is 0 Å².